The molecule has 1 fully saturated rings. The van der Waals surface area contributed by atoms with Gasteiger partial charge in [0.2, 0.25) is 0 Å². The summed E-state index contributed by atoms with van der Waals surface area (Å²) in [5, 5.41) is 4.06. The van der Waals surface area contributed by atoms with Crippen LogP contribution in [0.2, 0.25) is 5.02 Å². The summed E-state index contributed by atoms with van der Waals surface area (Å²) >= 11 is 5.88. The first-order chi connectivity index (χ1) is 8.65. The summed E-state index contributed by atoms with van der Waals surface area (Å²) in [6, 6.07) is 4.89. The third-order valence-corrected chi connectivity index (χ3v) is 3.49. The van der Waals surface area contributed by atoms with Gasteiger partial charge in [-0.15, -0.1) is 0 Å². The number of H-pyrrole nitrogens is 1. The van der Waals surface area contributed by atoms with Crippen molar-refractivity contribution in [3.8, 4) is 0 Å². The van der Waals surface area contributed by atoms with Crippen LogP contribution in [-0.4, -0.2) is 22.6 Å². The van der Waals surface area contributed by atoms with Crippen molar-refractivity contribution < 1.29 is 0 Å². The Bertz CT molecular complexity index is 715. The smallest absolute Gasteiger partial charge is 0.316 e. The van der Waals surface area contributed by atoms with E-state index in [1.807, 2.05) is 0 Å². The van der Waals surface area contributed by atoms with Crippen LogP contribution in [0, 0.1) is 5.92 Å². The summed E-state index contributed by atoms with van der Waals surface area (Å²) in [6.45, 7) is 2.14. The molecule has 0 unspecified atom stereocenters. The minimum Gasteiger partial charge on any atom is -0.316 e. The largest absolute Gasteiger partial charge is 0.328 e. The zero-order valence-corrected chi connectivity index (χ0v) is 10.3. The minimum absolute atomic E-state index is 0.275. The highest BCUT2D eigenvalue weighted by Crippen LogP contribution is 2.13. The van der Waals surface area contributed by atoms with E-state index >= 15 is 0 Å². The Hall–Kier alpha value is -1.59. The van der Waals surface area contributed by atoms with E-state index in [0.717, 1.165) is 13.1 Å². The fraction of sp³-hybridized carbons (Fsp3) is 0.333. The average molecular weight is 266 g/mol. The third kappa shape index (κ3) is 1.85. The Morgan fingerprint density at radius 2 is 2.11 bits per heavy atom. The number of fused-ring (bicyclic) bond motifs is 1. The Balaban J connectivity index is 2.18. The molecule has 2 N–H and O–H groups in total. The predicted molar refractivity (Wildman–Crippen MR) is 70.2 cm³/mol. The molecule has 1 aliphatic rings. The number of hydrogen-bond acceptors (Lipinski definition) is 3. The number of benzene rings is 1. The maximum absolute atomic E-state index is 12.2. The minimum atomic E-state index is -0.360. The van der Waals surface area contributed by atoms with Gasteiger partial charge in [0.15, 0.2) is 0 Å². The van der Waals surface area contributed by atoms with Gasteiger partial charge in [0.05, 0.1) is 10.9 Å². The van der Waals surface area contributed by atoms with E-state index < -0.39 is 0 Å². The van der Waals surface area contributed by atoms with Gasteiger partial charge < -0.3 is 10.3 Å². The molecule has 5 nitrogen and oxygen atoms in total. The molecular formula is C12H12ClN3O2. The van der Waals surface area contributed by atoms with Crippen molar-refractivity contribution in [3.63, 3.8) is 0 Å². The van der Waals surface area contributed by atoms with E-state index in [4.69, 9.17) is 11.6 Å². The van der Waals surface area contributed by atoms with Gasteiger partial charge in [-0.1, -0.05) is 11.6 Å². The number of nitrogens with zero attached hydrogens (tertiary/aromatic N) is 1. The van der Waals surface area contributed by atoms with Crippen LogP contribution in [0.4, 0.5) is 0 Å². The van der Waals surface area contributed by atoms with Crippen LogP contribution < -0.4 is 16.6 Å². The summed E-state index contributed by atoms with van der Waals surface area (Å²) in [5.74, 6) is 0.348. The highest BCUT2D eigenvalue weighted by Gasteiger charge is 2.19. The van der Waals surface area contributed by atoms with E-state index in [9.17, 15) is 9.59 Å². The lowest BCUT2D eigenvalue weighted by atomic mass is 10.0. The van der Waals surface area contributed by atoms with Gasteiger partial charge in [-0.05, 0) is 18.2 Å². The van der Waals surface area contributed by atoms with Gasteiger partial charge in [0.1, 0.15) is 0 Å². The summed E-state index contributed by atoms with van der Waals surface area (Å²) in [4.78, 5) is 26.8. The molecule has 0 bridgehead atoms. The second-order valence-electron chi connectivity index (χ2n) is 4.56. The van der Waals surface area contributed by atoms with Crippen LogP contribution in [-0.2, 0) is 6.54 Å². The monoisotopic (exact) mass is 265 g/mol. The number of hydrogen-bond donors (Lipinski definition) is 2. The summed E-state index contributed by atoms with van der Waals surface area (Å²) < 4.78 is 1.25. The first kappa shape index (κ1) is 11.5. The van der Waals surface area contributed by atoms with E-state index in [1.165, 1.54) is 4.57 Å². The molecule has 6 heteroatoms. The van der Waals surface area contributed by atoms with E-state index in [2.05, 4.69) is 10.3 Å². The number of aromatic nitrogens is 2. The lowest BCUT2D eigenvalue weighted by molar-refractivity contribution is 0.300. The third-order valence-electron chi connectivity index (χ3n) is 3.25. The summed E-state index contributed by atoms with van der Waals surface area (Å²) in [5.41, 5.74) is -0.109. The Labute approximate surface area is 107 Å². The van der Waals surface area contributed by atoms with E-state index in [1.54, 1.807) is 18.2 Å². The van der Waals surface area contributed by atoms with Crippen LogP contribution >= 0.6 is 11.6 Å². The standard InChI is InChI=1S/C12H12ClN3O2/c13-8-1-2-10-9(3-8)11(17)16(12(18)15-10)6-7-4-14-5-7/h1-3,7,14H,4-6H2,(H,15,18). The summed E-state index contributed by atoms with van der Waals surface area (Å²) in [7, 11) is 0. The molecule has 0 atom stereocenters. The number of rotatable bonds is 2. The molecule has 18 heavy (non-hydrogen) atoms. The van der Waals surface area contributed by atoms with Gasteiger partial charge in [-0.3, -0.25) is 9.36 Å². The SMILES string of the molecule is O=c1[nH]c2ccc(Cl)cc2c(=O)n1CC1CNC1. The summed E-state index contributed by atoms with van der Waals surface area (Å²) in [6.07, 6.45) is 0. The second kappa shape index (κ2) is 4.26. The molecule has 2 heterocycles. The van der Waals surface area contributed by atoms with Crippen molar-refractivity contribution in [3.05, 3.63) is 44.1 Å². The molecule has 2 aromatic rings. The molecule has 0 saturated carbocycles. The Morgan fingerprint density at radius 3 is 2.78 bits per heavy atom. The zero-order chi connectivity index (χ0) is 12.7. The molecule has 0 spiro atoms. The molecular weight excluding hydrogens is 254 g/mol. The van der Waals surface area contributed by atoms with Crippen LogP contribution in [0.3, 0.4) is 0 Å². The van der Waals surface area contributed by atoms with Crippen molar-refractivity contribution in [1.29, 1.82) is 0 Å². The van der Waals surface area contributed by atoms with Gasteiger partial charge in [0.25, 0.3) is 5.56 Å². The predicted octanol–water partition coefficient (Wildman–Crippen LogP) is 0.563. The van der Waals surface area contributed by atoms with Crippen LogP contribution in [0.1, 0.15) is 0 Å². The van der Waals surface area contributed by atoms with E-state index in [-0.39, 0.29) is 11.2 Å². The quantitative estimate of drug-likeness (QED) is 0.834. The highest BCUT2D eigenvalue weighted by atomic mass is 35.5. The number of aromatic amines is 1. The zero-order valence-electron chi connectivity index (χ0n) is 9.57. The number of halogens is 1. The Morgan fingerprint density at radius 1 is 1.33 bits per heavy atom. The molecule has 1 aromatic carbocycles. The normalized spacial score (nSPS) is 15.8. The molecule has 1 aromatic heterocycles. The van der Waals surface area contributed by atoms with Crippen molar-refractivity contribution in [1.82, 2.24) is 14.9 Å². The highest BCUT2D eigenvalue weighted by molar-refractivity contribution is 6.31. The fourth-order valence-electron chi connectivity index (χ4n) is 2.12. The fourth-order valence-corrected chi connectivity index (χ4v) is 2.30. The molecule has 3 rings (SSSR count). The van der Waals surface area contributed by atoms with Crippen molar-refractivity contribution in [2.24, 2.45) is 5.92 Å². The van der Waals surface area contributed by atoms with Crippen molar-refractivity contribution in [2.75, 3.05) is 13.1 Å². The molecule has 0 aliphatic carbocycles. The van der Waals surface area contributed by atoms with Crippen molar-refractivity contribution in [2.45, 2.75) is 6.54 Å². The lowest BCUT2D eigenvalue weighted by Gasteiger charge is -2.27. The topological polar surface area (TPSA) is 66.9 Å². The van der Waals surface area contributed by atoms with Crippen LogP contribution in [0.5, 0.6) is 0 Å². The van der Waals surface area contributed by atoms with Crippen LogP contribution in [0.25, 0.3) is 10.9 Å². The van der Waals surface area contributed by atoms with Gasteiger partial charge in [-0.2, -0.15) is 0 Å². The van der Waals surface area contributed by atoms with Gasteiger partial charge in [0, 0.05) is 30.6 Å². The first-order valence-corrected chi connectivity index (χ1v) is 6.16. The Kier molecular flexibility index (Phi) is 2.72. The maximum Gasteiger partial charge on any atom is 0.328 e. The molecule has 0 amide bonds. The molecule has 94 valence electrons. The first-order valence-electron chi connectivity index (χ1n) is 5.78. The molecule has 1 aliphatic heterocycles. The number of nitrogens with one attached hydrogen (secondary N) is 2. The van der Waals surface area contributed by atoms with Crippen LogP contribution in [0.15, 0.2) is 27.8 Å². The van der Waals surface area contributed by atoms with E-state index in [0.29, 0.717) is 28.4 Å². The van der Waals surface area contributed by atoms with Crippen molar-refractivity contribution >= 4 is 22.5 Å². The second-order valence-corrected chi connectivity index (χ2v) is 5.00. The maximum atomic E-state index is 12.2. The van der Waals surface area contributed by atoms with Gasteiger partial charge in [-0.25, -0.2) is 4.79 Å². The molecule has 0 radical (unpaired) electrons. The van der Waals surface area contributed by atoms with Gasteiger partial charge >= 0.3 is 5.69 Å². The molecule has 1 saturated heterocycles. The lowest BCUT2D eigenvalue weighted by Crippen LogP contribution is -2.48. The average Bonchev–Trinajstić information content (AvgIpc) is 2.28.